The van der Waals surface area contributed by atoms with E-state index >= 15 is 0 Å². The van der Waals surface area contributed by atoms with Gasteiger partial charge in [0, 0.05) is 19.1 Å². The van der Waals surface area contributed by atoms with Crippen molar-refractivity contribution in [3.8, 4) is 0 Å². The fourth-order valence-electron chi connectivity index (χ4n) is 1.29. The van der Waals surface area contributed by atoms with Gasteiger partial charge in [0.25, 0.3) is 0 Å². The molecule has 0 aliphatic rings. The Morgan fingerprint density at radius 2 is 2.06 bits per heavy atom. The van der Waals surface area contributed by atoms with E-state index < -0.39 is 11.6 Å². The molecule has 17 heavy (non-hydrogen) atoms. The first-order valence-electron chi connectivity index (χ1n) is 5.10. The molecule has 0 spiro atoms. The quantitative estimate of drug-likeness (QED) is 0.267. The van der Waals surface area contributed by atoms with Gasteiger partial charge in [-0.05, 0) is 12.1 Å². The lowest BCUT2D eigenvalue weighted by Gasteiger charge is -2.07. The Hall–Kier alpha value is -1.53. The Morgan fingerprint density at radius 1 is 1.41 bits per heavy atom. The molecule has 0 aliphatic heterocycles. The van der Waals surface area contributed by atoms with Gasteiger partial charge >= 0.3 is 0 Å². The maximum atomic E-state index is 13.3. The van der Waals surface area contributed by atoms with Crippen molar-refractivity contribution in [1.82, 2.24) is 5.43 Å². The highest BCUT2D eigenvalue weighted by Crippen LogP contribution is 2.12. The van der Waals surface area contributed by atoms with E-state index in [2.05, 4.69) is 10.4 Å². The zero-order valence-corrected chi connectivity index (χ0v) is 9.54. The largest absolute Gasteiger partial charge is 0.383 e. The van der Waals surface area contributed by atoms with Gasteiger partial charge in [0.05, 0.1) is 13.2 Å². The number of nitrogens with one attached hydrogen (secondary N) is 1. The highest BCUT2D eigenvalue weighted by Gasteiger charge is 2.10. The Morgan fingerprint density at radius 3 is 2.59 bits per heavy atom. The minimum Gasteiger partial charge on any atom is -0.383 e. The fraction of sp³-hybridized carbons (Fsp3) is 0.364. The molecule has 1 aromatic rings. The topological polar surface area (TPSA) is 59.6 Å². The van der Waals surface area contributed by atoms with Crippen molar-refractivity contribution in [3.05, 3.63) is 35.4 Å². The summed E-state index contributed by atoms with van der Waals surface area (Å²) in [7, 11) is 1.54. The number of methoxy groups -OCH3 is 1. The van der Waals surface area contributed by atoms with Crippen LogP contribution in [0.1, 0.15) is 5.56 Å². The van der Waals surface area contributed by atoms with Crippen LogP contribution >= 0.6 is 0 Å². The number of ether oxygens (including phenoxy) is 1. The van der Waals surface area contributed by atoms with E-state index in [4.69, 9.17) is 10.6 Å². The van der Waals surface area contributed by atoms with Crippen molar-refractivity contribution >= 4 is 5.84 Å². The molecule has 1 aromatic carbocycles. The van der Waals surface area contributed by atoms with Crippen LogP contribution in [0.15, 0.2) is 23.2 Å². The third-order valence-corrected chi connectivity index (χ3v) is 2.17. The lowest BCUT2D eigenvalue weighted by Crippen LogP contribution is -2.33. The van der Waals surface area contributed by atoms with Crippen molar-refractivity contribution in [2.75, 3.05) is 20.3 Å². The second-order valence-electron chi connectivity index (χ2n) is 3.34. The van der Waals surface area contributed by atoms with Gasteiger partial charge in [-0.25, -0.2) is 14.6 Å². The summed E-state index contributed by atoms with van der Waals surface area (Å²) >= 11 is 0. The van der Waals surface area contributed by atoms with Gasteiger partial charge in [-0.1, -0.05) is 6.07 Å². The molecule has 0 amide bonds. The highest BCUT2D eigenvalue weighted by atomic mass is 19.1. The molecule has 0 saturated carbocycles. The zero-order chi connectivity index (χ0) is 12.7. The molecule has 3 N–H and O–H groups in total. The summed E-state index contributed by atoms with van der Waals surface area (Å²) in [6, 6.07) is 3.70. The number of nitrogens with two attached hydrogens (primary N) is 1. The predicted octanol–water partition coefficient (Wildman–Crippen LogP) is 1.02. The molecule has 4 nitrogen and oxygen atoms in total. The SMILES string of the molecule is COCCN=C(Cc1c(F)cccc1F)NN. The first-order valence-corrected chi connectivity index (χ1v) is 5.10. The van der Waals surface area contributed by atoms with Gasteiger partial charge in [0.1, 0.15) is 17.5 Å². The number of hydrazine groups is 1. The van der Waals surface area contributed by atoms with Crippen LogP contribution in [0.4, 0.5) is 8.78 Å². The normalized spacial score (nSPS) is 11.6. The van der Waals surface area contributed by atoms with E-state index in [1.54, 1.807) is 7.11 Å². The molecule has 6 heteroatoms. The smallest absolute Gasteiger partial charge is 0.129 e. The lowest BCUT2D eigenvalue weighted by molar-refractivity contribution is 0.208. The summed E-state index contributed by atoms with van der Waals surface area (Å²) in [6.07, 6.45) is -0.0152. The van der Waals surface area contributed by atoms with Crippen LogP contribution in [0, 0.1) is 11.6 Å². The molecule has 0 radical (unpaired) electrons. The number of nitrogens with zero attached hydrogens (tertiary/aromatic N) is 1. The zero-order valence-electron chi connectivity index (χ0n) is 9.54. The van der Waals surface area contributed by atoms with Crippen molar-refractivity contribution in [1.29, 1.82) is 0 Å². The summed E-state index contributed by atoms with van der Waals surface area (Å²) in [5.74, 6) is 4.32. The number of benzene rings is 1. The third kappa shape index (κ3) is 4.08. The molecule has 0 bridgehead atoms. The molecule has 1 rings (SSSR count). The van der Waals surface area contributed by atoms with E-state index in [-0.39, 0.29) is 12.0 Å². The first kappa shape index (κ1) is 13.5. The molecule has 0 heterocycles. The summed E-state index contributed by atoms with van der Waals surface area (Å²) in [5.41, 5.74) is 2.27. The molecule has 94 valence electrons. The van der Waals surface area contributed by atoms with Crippen molar-refractivity contribution in [3.63, 3.8) is 0 Å². The molecule has 0 atom stereocenters. The van der Waals surface area contributed by atoms with Crippen LogP contribution in [0.5, 0.6) is 0 Å². The minimum atomic E-state index is -0.611. The van der Waals surface area contributed by atoms with Crippen molar-refractivity contribution < 1.29 is 13.5 Å². The maximum absolute atomic E-state index is 13.3. The van der Waals surface area contributed by atoms with Gasteiger partial charge in [-0.15, -0.1) is 0 Å². The predicted molar refractivity (Wildman–Crippen MR) is 61.6 cm³/mol. The number of hydrogen-bond acceptors (Lipinski definition) is 3. The fourth-order valence-corrected chi connectivity index (χ4v) is 1.29. The maximum Gasteiger partial charge on any atom is 0.129 e. The summed E-state index contributed by atoms with van der Waals surface area (Å²) < 4.78 is 31.5. The average molecular weight is 243 g/mol. The number of aliphatic imine (C=N–C) groups is 1. The summed E-state index contributed by atoms with van der Waals surface area (Å²) in [6.45, 7) is 0.803. The number of halogens is 2. The number of amidine groups is 1. The van der Waals surface area contributed by atoms with Crippen LogP contribution in [-0.2, 0) is 11.2 Å². The van der Waals surface area contributed by atoms with Gasteiger partial charge < -0.3 is 10.2 Å². The van der Waals surface area contributed by atoms with Gasteiger partial charge in [-0.3, -0.25) is 4.99 Å². The molecule has 0 unspecified atom stereocenters. The van der Waals surface area contributed by atoms with Gasteiger partial charge in [0.2, 0.25) is 0 Å². The van der Waals surface area contributed by atoms with Crippen LogP contribution in [0.25, 0.3) is 0 Å². The lowest BCUT2D eigenvalue weighted by atomic mass is 10.1. The molecule has 0 fully saturated rings. The standard InChI is InChI=1S/C11H15F2N3O/c1-17-6-5-15-11(16-14)7-8-9(12)3-2-4-10(8)13/h2-4H,5-7,14H2,1H3,(H,15,16). The van der Waals surface area contributed by atoms with Crippen molar-refractivity contribution in [2.24, 2.45) is 10.8 Å². The Labute approximate surface area is 98.5 Å². The molecule has 0 aliphatic carbocycles. The summed E-state index contributed by atoms with van der Waals surface area (Å²) in [5, 5.41) is 0. The molecule has 0 aromatic heterocycles. The number of hydrogen-bond donors (Lipinski definition) is 2. The van der Waals surface area contributed by atoms with E-state index in [1.165, 1.54) is 18.2 Å². The van der Waals surface area contributed by atoms with Crippen LogP contribution in [0.2, 0.25) is 0 Å². The summed E-state index contributed by atoms with van der Waals surface area (Å²) in [4.78, 5) is 4.03. The van der Waals surface area contributed by atoms with Gasteiger partial charge in [0.15, 0.2) is 0 Å². The second-order valence-corrected chi connectivity index (χ2v) is 3.34. The van der Waals surface area contributed by atoms with Gasteiger partial charge in [-0.2, -0.15) is 0 Å². The third-order valence-electron chi connectivity index (χ3n) is 2.17. The molecular weight excluding hydrogens is 228 g/mol. The van der Waals surface area contributed by atoms with Crippen molar-refractivity contribution in [2.45, 2.75) is 6.42 Å². The highest BCUT2D eigenvalue weighted by molar-refractivity contribution is 5.83. The number of rotatable bonds is 5. The first-order chi connectivity index (χ1) is 8.19. The van der Waals surface area contributed by atoms with Crippen LogP contribution < -0.4 is 11.3 Å². The molecule has 0 saturated heterocycles. The van der Waals surface area contributed by atoms with E-state index in [0.717, 1.165) is 0 Å². The van der Waals surface area contributed by atoms with Crippen LogP contribution in [0.3, 0.4) is 0 Å². The Balaban J connectivity index is 2.77. The van der Waals surface area contributed by atoms with E-state index in [0.29, 0.717) is 19.0 Å². The van der Waals surface area contributed by atoms with Crippen LogP contribution in [-0.4, -0.2) is 26.1 Å². The Kier molecular flexibility index (Phi) is 5.51. The Bertz CT molecular complexity index is 376. The second kappa shape index (κ2) is 6.93. The van der Waals surface area contributed by atoms with E-state index in [9.17, 15) is 8.78 Å². The molecular formula is C11H15F2N3O. The average Bonchev–Trinajstić information content (AvgIpc) is 2.32. The monoisotopic (exact) mass is 243 g/mol. The minimum absolute atomic E-state index is 0.0152. The van der Waals surface area contributed by atoms with E-state index in [1.807, 2.05) is 0 Å².